The first-order valence-corrected chi connectivity index (χ1v) is 11.0. The summed E-state index contributed by atoms with van der Waals surface area (Å²) in [5.41, 5.74) is 2.61. The van der Waals surface area contributed by atoms with Gasteiger partial charge in [0.05, 0.1) is 18.8 Å². The molecule has 5 nitrogen and oxygen atoms in total. The van der Waals surface area contributed by atoms with Crippen LogP contribution in [0, 0.1) is 12.8 Å². The molecule has 1 N–H and O–H groups in total. The molecule has 0 saturated carbocycles. The Morgan fingerprint density at radius 2 is 1.90 bits per heavy atom. The van der Waals surface area contributed by atoms with Gasteiger partial charge in [-0.2, -0.15) is 0 Å². The zero-order chi connectivity index (χ0) is 20.2. The number of thiophene rings is 1. The first-order valence-electron chi connectivity index (χ1n) is 10.2. The molecule has 4 rings (SSSR count). The Labute approximate surface area is 175 Å². The van der Waals surface area contributed by atoms with Crippen molar-refractivity contribution >= 4 is 28.2 Å². The summed E-state index contributed by atoms with van der Waals surface area (Å²) in [6, 6.07) is 10.0. The van der Waals surface area contributed by atoms with Gasteiger partial charge in [0.1, 0.15) is 5.00 Å². The molecule has 1 atom stereocenters. The molecular weight excluding hydrogens is 384 g/mol. The molecule has 1 fully saturated rings. The van der Waals surface area contributed by atoms with Gasteiger partial charge in [-0.25, -0.2) is 0 Å². The summed E-state index contributed by atoms with van der Waals surface area (Å²) >= 11 is 1.50. The van der Waals surface area contributed by atoms with Crippen LogP contribution in [0.1, 0.15) is 35.2 Å². The number of hydrogen-bond donors (Lipinski definition) is 1. The number of morpholine rings is 1. The maximum Gasteiger partial charge on any atom is 0.257 e. The lowest BCUT2D eigenvalue weighted by Crippen LogP contribution is -2.41. The summed E-state index contributed by atoms with van der Waals surface area (Å²) < 4.78 is 5.40. The summed E-state index contributed by atoms with van der Waals surface area (Å²) in [6.45, 7) is 4.24. The molecule has 1 aromatic carbocycles. The van der Waals surface area contributed by atoms with E-state index in [1.807, 2.05) is 42.2 Å². The largest absolute Gasteiger partial charge is 0.378 e. The van der Waals surface area contributed by atoms with E-state index in [0.29, 0.717) is 36.9 Å². The Hall–Kier alpha value is -2.44. The minimum Gasteiger partial charge on any atom is -0.378 e. The highest BCUT2D eigenvalue weighted by molar-refractivity contribution is 7.20. The smallest absolute Gasteiger partial charge is 0.257 e. The molecule has 1 aliphatic carbocycles. The van der Waals surface area contributed by atoms with Gasteiger partial charge in [0.2, 0.25) is 5.91 Å². The molecule has 0 radical (unpaired) electrons. The fourth-order valence-corrected chi connectivity index (χ4v) is 5.10. The zero-order valence-corrected chi connectivity index (χ0v) is 17.5. The summed E-state index contributed by atoms with van der Waals surface area (Å²) in [5, 5.41) is 3.76. The van der Waals surface area contributed by atoms with Gasteiger partial charge in [0.15, 0.2) is 0 Å². The number of nitrogens with zero attached hydrogens (tertiary/aromatic N) is 1. The number of amides is 2. The average molecular weight is 411 g/mol. The molecule has 152 valence electrons. The van der Waals surface area contributed by atoms with Gasteiger partial charge in [0.25, 0.3) is 5.91 Å². The molecule has 1 aliphatic heterocycles. The van der Waals surface area contributed by atoms with Crippen LogP contribution in [0.3, 0.4) is 0 Å². The normalized spacial score (nSPS) is 19.2. The minimum atomic E-state index is -0.0334. The molecule has 2 aromatic rings. The molecule has 0 spiro atoms. The van der Waals surface area contributed by atoms with Crippen molar-refractivity contribution in [3.05, 3.63) is 53.6 Å². The number of hydrogen-bond acceptors (Lipinski definition) is 4. The van der Waals surface area contributed by atoms with Gasteiger partial charge in [0, 0.05) is 23.9 Å². The number of anilines is 1. The predicted molar refractivity (Wildman–Crippen MR) is 116 cm³/mol. The Morgan fingerprint density at radius 3 is 2.59 bits per heavy atom. The van der Waals surface area contributed by atoms with Crippen LogP contribution in [0.25, 0.3) is 10.4 Å². The van der Waals surface area contributed by atoms with Gasteiger partial charge in [-0.05, 0) is 37.3 Å². The highest BCUT2D eigenvalue weighted by Crippen LogP contribution is 2.41. The molecule has 6 heteroatoms. The third-order valence-corrected chi connectivity index (χ3v) is 6.83. The van der Waals surface area contributed by atoms with E-state index >= 15 is 0 Å². The van der Waals surface area contributed by atoms with Crippen LogP contribution < -0.4 is 5.32 Å². The minimum absolute atomic E-state index is 0.00578. The fourth-order valence-electron chi connectivity index (χ4n) is 3.89. The highest BCUT2D eigenvalue weighted by atomic mass is 32.1. The van der Waals surface area contributed by atoms with Crippen molar-refractivity contribution in [1.82, 2.24) is 4.90 Å². The van der Waals surface area contributed by atoms with E-state index in [0.717, 1.165) is 35.3 Å². The van der Waals surface area contributed by atoms with Crippen molar-refractivity contribution in [1.29, 1.82) is 0 Å². The first-order chi connectivity index (χ1) is 14.1. The summed E-state index contributed by atoms with van der Waals surface area (Å²) in [6.07, 6.45) is 6.73. The molecular formula is C23H26N2O3S. The quantitative estimate of drug-likeness (QED) is 0.756. The predicted octanol–water partition coefficient (Wildman–Crippen LogP) is 4.49. The lowest BCUT2D eigenvalue weighted by molar-refractivity contribution is -0.120. The second kappa shape index (κ2) is 8.93. The van der Waals surface area contributed by atoms with Gasteiger partial charge in [-0.1, -0.05) is 42.5 Å². The Kier molecular flexibility index (Phi) is 6.11. The maximum absolute atomic E-state index is 13.4. The van der Waals surface area contributed by atoms with Crippen LogP contribution in [0.15, 0.2) is 42.5 Å². The lowest BCUT2D eigenvalue weighted by atomic mass is 9.93. The van der Waals surface area contributed by atoms with Crippen LogP contribution in [0.4, 0.5) is 5.00 Å². The molecule has 2 aliphatic rings. The third kappa shape index (κ3) is 4.28. The summed E-state index contributed by atoms with van der Waals surface area (Å²) in [4.78, 5) is 29.1. The molecule has 2 amide bonds. The van der Waals surface area contributed by atoms with Crippen molar-refractivity contribution in [2.75, 3.05) is 31.6 Å². The van der Waals surface area contributed by atoms with E-state index in [9.17, 15) is 9.59 Å². The van der Waals surface area contributed by atoms with E-state index in [2.05, 4.69) is 17.5 Å². The number of allylic oxidation sites excluding steroid dienone is 2. The van der Waals surface area contributed by atoms with Crippen molar-refractivity contribution in [3.63, 3.8) is 0 Å². The SMILES string of the molecule is Cc1c(-c2ccccc2)sc(NC(=O)C2CC=CCC2)c1C(=O)N1CCOCC1. The number of rotatable bonds is 4. The Morgan fingerprint density at radius 1 is 1.14 bits per heavy atom. The topological polar surface area (TPSA) is 58.6 Å². The zero-order valence-electron chi connectivity index (χ0n) is 16.6. The van der Waals surface area contributed by atoms with E-state index < -0.39 is 0 Å². The number of carbonyl (C=O) groups is 2. The summed E-state index contributed by atoms with van der Waals surface area (Å²) in [5.74, 6) is -0.0526. The molecule has 0 bridgehead atoms. The van der Waals surface area contributed by atoms with E-state index in [-0.39, 0.29) is 17.7 Å². The van der Waals surface area contributed by atoms with Crippen LogP contribution in [-0.4, -0.2) is 43.0 Å². The van der Waals surface area contributed by atoms with Gasteiger partial charge in [-0.3, -0.25) is 9.59 Å². The molecule has 1 aromatic heterocycles. The van der Waals surface area contributed by atoms with E-state index in [1.54, 1.807) is 0 Å². The maximum atomic E-state index is 13.4. The van der Waals surface area contributed by atoms with Crippen LogP contribution in [0.2, 0.25) is 0 Å². The average Bonchev–Trinajstić information content (AvgIpc) is 3.10. The van der Waals surface area contributed by atoms with Crippen molar-refractivity contribution < 1.29 is 14.3 Å². The molecule has 1 saturated heterocycles. The standard InChI is InChI=1S/C23H26N2O3S/c1-16-19(23(27)25-12-14-28-15-13-25)22(24-21(26)18-10-6-3-7-11-18)29-20(16)17-8-4-2-5-9-17/h2-6,8-9,18H,7,10-15H2,1H3,(H,24,26). The van der Waals surface area contributed by atoms with Crippen LogP contribution >= 0.6 is 11.3 Å². The molecule has 2 heterocycles. The van der Waals surface area contributed by atoms with Crippen LogP contribution in [-0.2, 0) is 9.53 Å². The second-order valence-corrected chi connectivity index (χ2v) is 8.52. The monoisotopic (exact) mass is 410 g/mol. The van der Waals surface area contributed by atoms with Gasteiger partial charge < -0.3 is 15.0 Å². The van der Waals surface area contributed by atoms with Crippen molar-refractivity contribution in [2.24, 2.45) is 5.92 Å². The van der Waals surface area contributed by atoms with Crippen molar-refractivity contribution in [2.45, 2.75) is 26.2 Å². The van der Waals surface area contributed by atoms with Crippen molar-refractivity contribution in [3.8, 4) is 10.4 Å². The third-order valence-electron chi connectivity index (χ3n) is 5.57. The highest BCUT2D eigenvalue weighted by Gasteiger charge is 2.29. The van der Waals surface area contributed by atoms with E-state index in [1.165, 1.54) is 11.3 Å². The van der Waals surface area contributed by atoms with Gasteiger partial charge >= 0.3 is 0 Å². The Balaban J connectivity index is 1.68. The second-order valence-electron chi connectivity index (χ2n) is 7.50. The Bertz CT molecular complexity index is 914. The van der Waals surface area contributed by atoms with E-state index in [4.69, 9.17) is 4.74 Å². The summed E-state index contributed by atoms with van der Waals surface area (Å²) in [7, 11) is 0. The lowest BCUT2D eigenvalue weighted by Gasteiger charge is -2.27. The fraction of sp³-hybridized carbons (Fsp3) is 0.391. The number of carbonyl (C=O) groups excluding carboxylic acids is 2. The molecule has 29 heavy (non-hydrogen) atoms. The van der Waals surface area contributed by atoms with Crippen LogP contribution in [0.5, 0.6) is 0 Å². The van der Waals surface area contributed by atoms with Gasteiger partial charge in [-0.15, -0.1) is 11.3 Å². The number of nitrogens with one attached hydrogen (secondary N) is 1. The molecule has 1 unspecified atom stereocenters. The first kappa shape index (κ1) is 19.9. The number of ether oxygens (including phenoxy) is 1. The number of benzene rings is 1.